The highest BCUT2D eigenvalue weighted by Crippen LogP contribution is 2.37. The number of pyridine rings is 1. The van der Waals surface area contributed by atoms with Crippen molar-refractivity contribution in [3.63, 3.8) is 0 Å². The molecule has 1 aromatic carbocycles. The summed E-state index contributed by atoms with van der Waals surface area (Å²) in [6.07, 6.45) is 5.16. The van der Waals surface area contributed by atoms with Crippen molar-refractivity contribution in [3.05, 3.63) is 47.2 Å². The summed E-state index contributed by atoms with van der Waals surface area (Å²) in [5.41, 5.74) is 3.17. The van der Waals surface area contributed by atoms with Crippen molar-refractivity contribution >= 4 is 5.91 Å². The average Bonchev–Trinajstić information content (AvgIpc) is 3.45. The molecule has 0 unspecified atom stereocenters. The number of ether oxygens (including phenoxy) is 2. The lowest BCUT2D eigenvalue weighted by molar-refractivity contribution is 0.0705. The second kappa shape index (κ2) is 8.14. The second-order valence-electron chi connectivity index (χ2n) is 8.53. The number of carbonyl (C=O) groups excluding carboxylic acids is 1. The van der Waals surface area contributed by atoms with Gasteiger partial charge in [0.05, 0.1) is 42.1 Å². The third kappa shape index (κ3) is 3.63. The lowest BCUT2D eigenvalue weighted by Gasteiger charge is -2.22. The summed E-state index contributed by atoms with van der Waals surface area (Å²) < 4.78 is 11.3. The lowest BCUT2D eigenvalue weighted by atomic mass is 10.1. The summed E-state index contributed by atoms with van der Waals surface area (Å²) in [6, 6.07) is 11.2. The van der Waals surface area contributed by atoms with Gasteiger partial charge in [-0.15, -0.1) is 0 Å². The number of benzene rings is 1. The minimum Gasteiger partial charge on any atom is -0.490 e. The number of fused-ring (bicyclic) bond motifs is 1. The van der Waals surface area contributed by atoms with Gasteiger partial charge in [-0.3, -0.25) is 4.79 Å². The molecule has 1 aromatic heterocycles. The van der Waals surface area contributed by atoms with Crippen LogP contribution in [0.4, 0.5) is 0 Å². The fourth-order valence-electron chi connectivity index (χ4n) is 4.50. The molecule has 5 rings (SSSR count). The maximum absolute atomic E-state index is 13.3. The van der Waals surface area contributed by atoms with Crippen LogP contribution in [0.25, 0.3) is 11.3 Å². The summed E-state index contributed by atoms with van der Waals surface area (Å²) >= 11 is 0. The van der Waals surface area contributed by atoms with Crippen molar-refractivity contribution in [2.75, 3.05) is 20.3 Å². The van der Waals surface area contributed by atoms with Gasteiger partial charge < -0.3 is 19.3 Å². The van der Waals surface area contributed by atoms with Gasteiger partial charge in [0.25, 0.3) is 5.91 Å². The van der Waals surface area contributed by atoms with Crippen LogP contribution in [0.15, 0.2) is 30.3 Å². The molecule has 32 heavy (non-hydrogen) atoms. The number of hydrogen-bond acceptors (Lipinski definition) is 7. The molecule has 1 amide bonds. The fraction of sp³-hybridized carbons (Fsp3) is 0.417. The second-order valence-corrected chi connectivity index (χ2v) is 8.53. The first-order chi connectivity index (χ1) is 15.6. The zero-order valence-corrected chi connectivity index (χ0v) is 17.8. The molecule has 0 N–H and O–H groups in total. The highest BCUT2D eigenvalue weighted by Gasteiger charge is 2.41. The average molecular weight is 429 g/mol. The van der Waals surface area contributed by atoms with Crippen molar-refractivity contribution in [1.29, 1.82) is 10.5 Å². The van der Waals surface area contributed by atoms with Crippen LogP contribution in [0.2, 0.25) is 0 Å². The molecule has 3 aliphatic rings. The van der Waals surface area contributed by atoms with Crippen molar-refractivity contribution in [1.82, 2.24) is 14.8 Å². The quantitative estimate of drug-likeness (QED) is 0.651. The van der Waals surface area contributed by atoms with Gasteiger partial charge >= 0.3 is 0 Å². The number of nitrogens with zero attached hydrogens (tertiary/aromatic N) is 5. The number of likely N-dealkylation sites (tertiary alicyclic amines) is 1. The van der Waals surface area contributed by atoms with Crippen molar-refractivity contribution < 1.29 is 14.3 Å². The Morgan fingerprint density at radius 2 is 2.06 bits per heavy atom. The zero-order valence-electron chi connectivity index (χ0n) is 17.8. The van der Waals surface area contributed by atoms with Gasteiger partial charge in [0.1, 0.15) is 11.4 Å². The van der Waals surface area contributed by atoms with Crippen molar-refractivity contribution in [2.45, 2.75) is 44.0 Å². The van der Waals surface area contributed by atoms with E-state index in [2.05, 4.69) is 12.3 Å². The zero-order chi connectivity index (χ0) is 22.2. The number of rotatable bonds is 6. The third-order valence-electron chi connectivity index (χ3n) is 6.31. The van der Waals surface area contributed by atoms with Gasteiger partial charge in [-0.05, 0) is 43.5 Å². The maximum Gasteiger partial charge on any atom is 0.273 e. The Kier molecular flexibility index (Phi) is 5.16. The van der Waals surface area contributed by atoms with Crippen LogP contribution in [0.1, 0.15) is 40.9 Å². The molecule has 1 aliphatic carbocycles. The summed E-state index contributed by atoms with van der Waals surface area (Å²) in [6.45, 7) is 1.44. The predicted molar refractivity (Wildman–Crippen MR) is 114 cm³/mol. The smallest absolute Gasteiger partial charge is 0.273 e. The molecule has 2 aliphatic heterocycles. The Hall–Kier alpha value is -3.62. The monoisotopic (exact) mass is 429 g/mol. The van der Waals surface area contributed by atoms with Crippen LogP contribution >= 0.6 is 0 Å². The van der Waals surface area contributed by atoms with Crippen LogP contribution in [-0.4, -0.2) is 59.1 Å². The van der Waals surface area contributed by atoms with Crippen LogP contribution in [0.3, 0.4) is 0 Å². The van der Waals surface area contributed by atoms with E-state index in [1.54, 1.807) is 30.2 Å². The normalized spacial score (nSPS) is 21.9. The van der Waals surface area contributed by atoms with E-state index >= 15 is 0 Å². The molecule has 0 bridgehead atoms. The van der Waals surface area contributed by atoms with E-state index in [-0.39, 0.29) is 24.1 Å². The maximum atomic E-state index is 13.3. The van der Waals surface area contributed by atoms with Gasteiger partial charge in [0, 0.05) is 31.3 Å². The largest absolute Gasteiger partial charge is 0.490 e. The van der Waals surface area contributed by atoms with Gasteiger partial charge in [0.2, 0.25) is 0 Å². The number of amides is 1. The minimum atomic E-state index is -0.121. The van der Waals surface area contributed by atoms with E-state index in [4.69, 9.17) is 14.5 Å². The molecule has 2 aromatic rings. The molecule has 1 saturated heterocycles. The molecule has 2 atom stereocenters. The van der Waals surface area contributed by atoms with E-state index in [9.17, 15) is 15.3 Å². The number of carbonyl (C=O) groups is 1. The summed E-state index contributed by atoms with van der Waals surface area (Å²) in [5, 5.41) is 18.8. The molecule has 8 heteroatoms. The Morgan fingerprint density at radius 3 is 2.78 bits per heavy atom. The molecule has 0 radical (unpaired) electrons. The van der Waals surface area contributed by atoms with Gasteiger partial charge in [0.15, 0.2) is 6.19 Å². The first-order valence-electron chi connectivity index (χ1n) is 10.8. The van der Waals surface area contributed by atoms with E-state index in [1.807, 2.05) is 17.0 Å². The highest BCUT2D eigenvalue weighted by atomic mass is 16.5. The lowest BCUT2D eigenvalue weighted by Crippen LogP contribution is -2.37. The highest BCUT2D eigenvalue weighted by molar-refractivity contribution is 5.97. The molecule has 162 valence electrons. The van der Waals surface area contributed by atoms with Crippen LogP contribution in [-0.2, 0) is 11.3 Å². The van der Waals surface area contributed by atoms with Crippen LogP contribution in [0.5, 0.6) is 5.75 Å². The fourth-order valence-corrected chi connectivity index (χ4v) is 4.50. The molecule has 8 nitrogen and oxygen atoms in total. The van der Waals surface area contributed by atoms with Gasteiger partial charge in [-0.2, -0.15) is 10.5 Å². The van der Waals surface area contributed by atoms with Crippen LogP contribution in [0, 0.1) is 22.8 Å². The Bertz CT molecular complexity index is 1150. The summed E-state index contributed by atoms with van der Waals surface area (Å²) in [5.74, 6) is 0.563. The first-order valence-corrected chi connectivity index (χ1v) is 10.8. The van der Waals surface area contributed by atoms with Crippen LogP contribution < -0.4 is 4.74 Å². The minimum absolute atomic E-state index is 0.0223. The Morgan fingerprint density at radius 1 is 1.22 bits per heavy atom. The summed E-state index contributed by atoms with van der Waals surface area (Å²) in [7, 11) is 1.62. The number of aromatic nitrogens is 1. The molecule has 1 saturated carbocycles. The SMILES string of the molecule is COC[C@@H]1C[C@@H](N2Cc3ccc(-c4cc(C#N)ccc4OC4CC4)nc3C2=O)CN1C#N. The standard InChI is InChI=1S/C24H23N5O3/c1-31-13-18-9-17(12-28(18)14-26)29-11-16-3-6-21(27-23(16)24(29)30)20-8-15(10-25)2-7-22(20)32-19-4-5-19/h2-3,6-8,17-19H,4-5,9,11-13H2,1H3/t17-,18+/m1/s1. The van der Waals surface area contributed by atoms with E-state index in [0.29, 0.717) is 48.8 Å². The number of nitriles is 2. The van der Waals surface area contributed by atoms with E-state index < -0.39 is 0 Å². The Labute approximate surface area is 186 Å². The predicted octanol–water partition coefficient (Wildman–Crippen LogP) is 2.69. The number of hydrogen-bond donors (Lipinski definition) is 0. The van der Waals surface area contributed by atoms with E-state index in [1.165, 1.54) is 0 Å². The molecule has 3 heterocycles. The van der Waals surface area contributed by atoms with Gasteiger partial charge in [-0.1, -0.05) is 6.07 Å². The third-order valence-corrected chi connectivity index (χ3v) is 6.31. The topological polar surface area (TPSA) is 102 Å². The van der Waals surface area contributed by atoms with E-state index in [0.717, 1.165) is 24.0 Å². The summed E-state index contributed by atoms with van der Waals surface area (Å²) in [4.78, 5) is 21.5. The molecular formula is C24H23N5O3. The molecule has 2 fully saturated rings. The van der Waals surface area contributed by atoms with Crippen molar-refractivity contribution in [2.24, 2.45) is 0 Å². The molecular weight excluding hydrogens is 406 g/mol. The van der Waals surface area contributed by atoms with Crippen molar-refractivity contribution in [3.8, 4) is 29.3 Å². The van der Waals surface area contributed by atoms with Gasteiger partial charge in [-0.25, -0.2) is 4.98 Å². The first kappa shape index (κ1) is 20.3. The Balaban J connectivity index is 1.42. The molecule has 0 spiro atoms. The number of methoxy groups -OCH3 is 1.